The van der Waals surface area contributed by atoms with Gasteiger partial charge in [0.15, 0.2) is 5.82 Å². The second-order valence-corrected chi connectivity index (χ2v) is 7.66. The second kappa shape index (κ2) is 8.63. The Bertz CT molecular complexity index is 1090. The van der Waals surface area contributed by atoms with Gasteiger partial charge in [-0.1, -0.05) is 0 Å². The number of piperazine rings is 1. The first-order valence-corrected chi connectivity index (χ1v) is 10.3. The molecule has 0 saturated carbocycles. The van der Waals surface area contributed by atoms with Gasteiger partial charge in [0.1, 0.15) is 17.9 Å². The Hall–Kier alpha value is -3.62. The number of hydrogen-bond acceptors (Lipinski definition) is 6. The van der Waals surface area contributed by atoms with Crippen LogP contribution in [0.15, 0.2) is 36.7 Å². The second-order valence-electron chi connectivity index (χ2n) is 7.66. The van der Waals surface area contributed by atoms with Crippen LogP contribution in [0.3, 0.4) is 0 Å². The van der Waals surface area contributed by atoms with Crippen molar-refractivity contribution in [3.8, 4) is 11.6 Å². The van der Waals surface area contributed by atoms with Gasteiger partial charge in [-0.2, -0.15) is 5.10 Å². The van der Waals surface area contributed by atoms with E-state index in [0.717, 1.165) is 40.0 Å². The number of urea groups is 1. The lowest BCUT2D eigenvalue weighted by Gasteiger charge is -2.35. The number of aryl methyl sites for hydroxylation is 3. The van der Waals surface area contributed by atoms with E-state index < -0.39 is 0 Å². The summed E-state index contributed by atoms with van der Waals surface area (Å²) < 4.78 is 7.05. The van der Waals surface area contributed by atoms with Crippen molar-refractivity contribution in [2.24, 2.45) is 0 Å². The van der Waals surface area contributed by atoms with Crippen molar-refractivity contribution >= 4 is 17.5 Å². The molecule has 0 radical (unpaired) electrons. The van der Waals surface area contributed by atoms with Gasteiger partial charge in [0.05, 0.1) is 12.8 Å². The number of nitrogens with zero attached hydrogens (tertiary/aromatic N) is 6. The largest absolute Gasteiger partial charge is 0.497 e. The molecule has 4 rings (SSSR count). The number of rotatable bonds is 4. The highest BCUT2D eigenvalue weighted by molar-refractivity contribution is 5.90. The molecule has 3 aromatic rings. The summed E-state index contributed by atoms with van der Waals surface area (Å²) >= 11 is 0. The number of ether oxygens (including phenoxy) is 1. The highest BCUT2D eigenvalue weighted by Crippen LogP contribution is 2.22. The molecule has 2 amide bonds. The molecule has 162 valence electrons. The van der Waals surface area contributed by atoms with Gasteiger partial charge < -0.3 is 19.9 Å². The molecule has 1 saturated heterocycles. The van der Waals surface area contributed by atoms with E-state index >= 15 is 0 Å². The minimum absolute atomic E-state index is 0.0982. The first kappa shape index (κ1) is 20.6. The Labute approximate surface area is 181 Å². The zero-order chi connectivity index (χ0) is 22.0. The van der Waals surface area contributed by atoms with Crippen LogP contribution >= 0.6 is 0 Å². The summed E-state index contributed by atoms with van der Waals surface area (Å²) in [6.07, 6.45) is 1.56. The minimum Gasteiger partial charge on any atom is -0.497 e. The molecular formula is C22H27N7O2. The maximum atomic E-state index is 12.7. The van der Waals surface area contributed by atoms with Crippen molar-refractivity contribution in [1.29, 1.82) is 0 Å². The van der Waals surface area contributed by atoms with Gasteiger partial charge in [-0.3, -0.25) is 0 Å². The summed E-state index contributed by atoms with van der Waals surface area (Å²) in [4.78, 5) is 25.5. The third kappa shape index (κ3) is 4.45. The highest BCUT2D eigenvalue weighted by atomic mass is 16.5. The predicted octanol–water partition coefficient (Wildman–Crippen LogP) is 2.95. The van der Waals surface area contributed by atoms with Gasteiger partial charge in [-0.15, -0.1) is 0 Å². The van der Waals surface area contributed by atoms with Gasteiger partial charge in [0.25, 0.3) is 0 Å². The summed E-state index contributed by atoms with van der Waals surface area (Å²) in [5, 5.41) is 7.50. The molecule has 0 spiro atoms. The zero-order valence-corrected chi connectivity index (χ0v) is 18.3. The number of amides is 2. The number of carbonyl (C=O) groups excluding carboxylic acids is 1. The maximum Gasteiger partial charge on any atom is 0.321 e. The van der Waals surface area contributed by atoms with Crippen LogP contribution in [-0.2, 0) is 0 Å². The van der Waals surface area contributed by atoms with Crippen molar-refractivity contribution in [2.45, 2.75) is 20.8 Å². The van der Waals surface area contributed by atoms with Gasteiger partial charge in [0.2, 0.25) is 0 Å². The molecule has 9 heteroatoms. The molecular weight excluding hydrogens is 394 g/mol. The molecule has 0 bridgehead atoms. The summed E-state index contributed by atoms with van der Waals surface area (Å²) in [5.41, 5.74) is 3.73. The van der Waals surface area contributed by atoms with Gasteiger partial charge in [0, 0.05) is 43.6 Å². The number of anilines is 2. The van der Waals surface area contributed by atoms with Crippen LogP contribution < -0.4 is 15.0 Å². The topological polar surface area (TPSA) is 88.4 Å². The number of carbonyl (C=O) groups is 1. The van der Waals surface area contributed by atoms with Crippen LogP contribution in [0.2, 0.25) is 0 Å². The average Bonchev–Trinajstić information content (AvgIpc) is 3.13. The maximum absolute atomic E-state index is 12.7. The minimum atomic E-state index is -0.0982. The third-order valence-electron chi connectivity index (χ3n) is 5.43. The van der Waals surface area contributed by atoms with E-state index in [0.29, 0.717) is 26.2 Å². The Kier molecular flexibility index (Phi) is 5.75. The molecule has 1 aromatic carbocycles. The van der Waals surface area contributed by atoms with Crippen molar-refractivity contribution < 1.29 is 9.53 Å². The molecule has 1 aliphatic heterocycles. The number of benzene rings is 1. The van der Waals surface area contributed by atoms with Crippen molar-refractivity contribution in [1.82, 2.24) is 24.6 Å². The molecule has 1 aliphatic rings. The fourth-order valence-electron chi connectivity index (χ4n) is 3.72. The standard InChI is InChI=1S/C22H27N7O2/c1-15-11-18(31-4)5-6-19(15)25-22(30)28-9-7-27(8-10-28)20-13-21(24-14-23-20)29-17(3)12-16(2)26-29/h5-6,11-14H,7-10H2,1-4H3,(H,25,30). The summed E-state index contributed by atoms with van der Waals surface area (Å²) in [6.45, 7) is 8.53. The summed E-state index contributed by atoms with van der Waals surface area (Å²) in [5.74, 6) is 2.35. The quantitative estimate of drug-likeness (QED) is 0.697. The number of aromatic nitrogens is 4. The van der Waals surface area contributed by atoms with Gasteiger partial charge in [-0.05, 0) is 50.6 Å². The number of nitrogens with one attached hydrogen (secondary N) is 1. The molecule has 9 nitrogen and oxygen atoms in total. The normalized spacial score (nSPS) is 13.9. The lowest BCUT2D eigenvalue weighted by Crippen LogP contribution is -2.50. The molecule has 1 N–H and O–H groups in total. The Morgan fingerprint density at radius 2 is 1.74 bits per heavy atom. The Morgan fingerprint density at radius 1 is 1.00 bits per heavy atom. The lowest BCUT2D eigenvalue weighted by atomic mass is 10.2. The van der Waals surface area contributed by atoms with E-state index in [1.807, 2.05) is 60.7 Å². The Balaban J connectivity index is 1.39. The number of methoxy groups -OCH3 is 1. The van der Waals surface area contributed by atoms with E-state index in [-0.39, 0.29) is 6.03 Å². The monoisotopic (exact) mass is 421 g/mol. The first-order chi connectivity index (χ1) is 14.9. The van der Waals surface area contributed by atoms with Crippen molar-refractivity contribution in [3.63, 3.8) is 0 Å². The van der Waals surface area contributed by atoms with Crippen LogP contribution in [0.5, 0.6) is 5.75 Å². The van der Waals surface area contributed by atoms with Crippen LogP contribution in [0.4, 0.5) is 16.3 Å². The SMILES string of the molecule is COc1ccc(NC(=O)N2CCN(c3cc(-n4nc(C)cc4C)ncn3)CC2)c(C)c1. The first-order valence-electron chi connectivity index (χ1n) is 10.3. The highest BCUT2D eigenvalue weighted by Gasteiger charge is 2.23. The lowest BCUT2D eigenvalue weighted by molar-refractivity contribution is 0.208. The van der Waals surface area contributed by atoms with Gasteiger partial charge in [-0.25, -0.2) is 19.4 Å². The zero-order valence-electron chi connectivity index (χ0n) is 18.3. The average molecular weight is 422 g/mol. The fraction of sp³-hybridized carbons (Fsp3) is 0.364. The molecule has 2 aromatic heterocycles. The van der Waals surface area contributed by atoms with E-state index in [4.69, 9.17) is 4.74 Å². The fourth-order valence-corrected chi connectivity index (χ4v) is 3.72. The van der Waals surface area contributed by atoms with E-state index in [2.05, 4.69) is 25.3 Å². The molecule has 0 aliphatic carbocycles. The van der Waals surface area contributed by atoms with Crippen LogP contribution in [0, 0.1) is 20.8 Å². The Morgan fingerprint density at radius 3 is 2.39 bits per heavy atom. The van der Waals surface area contributed by atoms with Gasteiger partial charge >= 0.3 is 6.03 Å². The third-order valence-corrected chi connectivity index (χ3v) is 5.43. The van der Waals surface area contributed by atoms with Crippen molar-refractivity contribution in [2.75, 3.05) is 43.5 Å². The summed E-state index contributed by atoms with van der Waals surface area (Å²) in [7, 11) is 1.63. The van der Waals surface area contributed by atoms with Crippen LogP contribution in [0.25, 0.3) is 5.82 Å². The molecule has 0 atom stereocenters. The predicted molar refractivity (Wildman–Crippen MR) is 119 cm³/mol. The van der Waals surface area contributed by atoms with Crippen molar-refractivity contribution in [3.05, 3.63) is 53.6 Å². The summed E-state index contributed by atoms with van der Waals surface area (Å²) in [6, 6.07) is 9.47. The van der Waals surface area contributed by atoms with E-state index in [1.54, 1.807) is 13.4 Å². The van der Waals surface area contributed by atoms with Crippen LogP contribution in [0.1, 0.15) is 17.0 Å². The van der Waals surface area contributed by atoms with E-state index in [9.17, 15) is 4.79 Å². The van der Waals surface area contributed by atoms with E-state index in [1.165, 1.54) is 0 Å². The molecule has 0 unspecified atom stereocenters. The van der Waals surface area contributed by atoms with Crippen LogP contribution in [-0.4, -0.2) is 64.0 Å². The number of hydrogen-bond donors (Lipinski definition) is 1. The molecule has 3 heterocycles. The smallest absolute Gasteiger partial charge is 0.321 e. The molecule has 1 fully saturated rings. The molecule has 31 heavy (non-hydrogen) atoms.